The van der Waals surface area contributed by atoms with Crippen LogP contribution in [0.15, 0.2) is 90.2 Å². The number of fused-ring (bicyclic) bond motifs is 2. The predicted octanol–water partition coefficient (Wildman–Crippen LogP) is 3.62. The van der Waals surface area contributed by atoms with Crippen LogP contribution in [0.5, 0.6) is 0 Å². The highest BCUT2D eigenvalue weighted by atomic mass is 32.2. The molecular formula is C24H19N4O3S+. The molecule has 8 heteroatoms. The lowest BCUT2D eigenvalue weighted by Gasteiger charge is -2.06. The SMILES string of the molecule is CS(=O)(=O)c1ccc(-c2[nH]c(C(=O)Nc3cccc4cnccc34)c3cccc[n+]23)cc1. The topological polar surface area (TPSA) is 96.0 Å². The maximum Gasteiger partial charge on any atom is 0.300 e. The van der Waals surface area contributed by atoms with Gasteiger partial charge < -0.3 is 5.32 Å². The van der Waals surface area contributed by atoms with Crippen molar-refractivity contribution >= 4 is 37.7 Å². The molecule has 0 aliphatic heterocycles. The zero-order valence-electron chi connectivity index (χ0n) is 17.1. The van der Waals surface area contributed by atoms with E-state index in [0.29, 0.717) is 22.7 Å². The second-order valence-corrected chi connectivity index (χ2v) is 9.47. The fourth-order valence-corrected chi connectivity index (χ4v) is 4.38. The number of hydrogen-bond donors (Lipinski definition) is 2. The van der Waals surface area contributed by atoms with E-state index in [1.165, 1.54) is 6.26 Å². The van der Waals surface area contributed by atoms with E-state index in [0.717, 1.165) is 16.3 Å². The highest BCUT2D eigenvalue weighted by Gasteiger charge is 2.25. The number of carbonyl (C=O) groups is 1. The van der Waals surface area contributed by atoms with Gasteiger partial charge in [0.25, 0.3) is 11.7 Å². The van der Waals surface area contributed by atoms with Crippen molar-refractivity contribution in [2.24, 2.45) is 0 Å². The molecule has 0 aliphatic carbocycles. The van der Waals surface area contributed by atoms with E-state index in [-0.39, 0.29) is 10.8 Å². The number of sulfone groups is 1. The zero-order valence-corrected chi connectivity index (χ0v) is 17.9. The molecule has 1 amide bonds. The molecule has 2 N–H and O–H groups in total. The first-order chi connectivity index (χ1) is 15.4. The minimum atomic E-state index is -3.29. The number of aromatic nitrogens is 3. The number of amides is 1. The van der Waals surface area contributed by atoms with Gasteiger partial charge in [-0.25, -0.2) is 13.4 Å². The van der Waals surface area contributed by atoms with Crippen LogP contribution >= 0.6 is 0 Å². The summed E-state index contributed by atoms with van der Waals surface area (Å²) in [6, 6.07) is 19.7. The number of pyridine rings is 2. The van der Waals surface area contributed by atoms with Gasteiger partial charge in [-0.3, -0.25) is 9.78 Å². The van der Waals surface area contributed by atoms with Crippen molar-refractivity contribution < 1.29 is 17.6 Å². The third kappa shape index (κ3) is 3.50. The second kappa shape index (κ2) is 7.58. The van der Waals surface area contributed by atoms with E-state index in [4.69, 9.17) is 0 Å². The van der Waals surface area contributed by atoms with E-state index in [1.54, 1.807) is 36.7 Å². The summed E-state index contributed by atoms with van der Waals surface area (Å²) >= 11 is 0. The molecule has 0 saturated heterocycles. The van der Waals surface area contributed by atoms with Crippen molar-refractivity contribution in [2.75, 3.05) is 11.6 Å². The Balaban J connectivity index is 1.57. The second-order valence-electron chi connectivity index (χ2n) is 7.46. The van der Waals surface area contributed by atoms with E-state index in [1.807, 2.05) is 53.1 Å². The van der Waals surface area contributed by atoms with Gasteiger partial charge in [0.15, 0.2) is 15.4 Å². The normalized spacial score (nSPS) is 11.7. The quantitative estimate of drug-likeness (QED) is 0.415. The first kappa shape index (κ1) is 19.9. The number of hydrogen-bond acceptors (Lipinski definition) is 4. The zero-order chi connectivity index (χ0) is 22.3. The number of benzene rings is 2. The lowest BCUT2D eigenvalue weighted by Crippen LogP contribution is -2.22. The van der Waals surface area contributed by atoms with Crippen LogP contribution in [0.25, 0.3) is 27.7 Å². The van der Waals surface area contributed by atoms with E-state index < -0.39 is 9.84 Å². The molecule has 0 fully saturated rings. The van der Waals surface area contributed by atoms with Crippen molar-refractivity contribution in [1.82, 2.24) is 9.97 Å². The van der Waals surface area contributed by atoms with Crippen LogP contribution in [0.1, 0.15) is 10.5 Å². The molecule has 3 heterocycles. The van der Waals surface area contributed by atoms with Gasteiger partial charge in [0.05, 0.1) is 16.7 Å². The molecule has 32 heavy (non-hydrogen) atoms. The summed E-state index contributed by atoms with van der Waals surface area (Å²) in [5.74, 6) is 0.393. The van der Waals surface area contributed by atoms with Crippen LogP contribution in [0.3, 0.4) is 0 Å². The van der Waals surface area contributed by atoms with Gasteiger partial charge in [-0.2, -0.15) is 4.40 Å². The number of anilines is 1. The van der Waals surface area contributed by atoms with E-state index >= 15 is 0 Å². The smallest absolute Gasteiger partial charge is 0.300 e. The average Bonchev–Trinajstić information content (AvgIpc) is 3.19. The number of H-pyrrole nitrogens is 1. The number of carbonyl (C=O) groups excluding carboxylic acids is 1. The predicted molar refractivity (Wildman–Crippen MR) is 122 cm³/mol. The minimum absolute atomic E-state index is 0.241. The van der Waals surface area contributed by atoms with Gasteiger partial charge >= 0.3 is 0 Å². The molecule has 3 aromatic heterocycles. The Kier molecular flexibility index (Phi) is 4.71. The summed E-state index contributed by atoms with van der Waals surface area (Å²) in [5, 5.41) is 4.83. The first-order valence-corrected chi connectivity index (χ1v) is 11.8. The molecule has 2 aromatic carbocycles. The first-order valence-electron chi connectivity index (χ1n) is 9.89. The highest BCUT2D eigenvalue weighted by molar-refractivity contribution is 7.90. The Morgan fingerprint density at radius 3 is 2.59 bits per heavy atom. The molecule has 0 bridgehead atoms. The van der Waals surface area contributed by atoms with Crippen molar-refractivity contribution in [3.63, 3.8) is 0 Å². The van der Waals surface area contributed by atoms with Crippen molar-refractivity contribution in [1.29, 1.82) is 0 Å². The summed E-state index contributed by atoms with van der Waals surface area (Å²) in [7, 11) is -3.29. The van der Waals surface area contributed by atoms with Gasteiger partial charge in [0, 0.05) is 35.1 Å². The van der Waals surface area contributed by atoms with Crippen LogP contribution < -0.4 is 9.72 Å². The number of aromatic amines is 1. The third-order valence-corrected chi connectivity index (χ3v) is 6.44. The van der Waals surface area contributed by atoms with Crippen LogP contribution in [0.2, 0.25) is 0 Å². The summed E-state index contributed by atoms with van der Waals surface area (Å²) in [5.41, 5.74) is 2.56. The summed E-state index contributed by atoms with van der Waals surface area (Å²) < 4.78 is 25.4. The molecule has 0 radical (unpaired) electrons. The van der Waals surface area contributed by atoms with Crippen molar-refractivity contribution in [3.8, 4) is 11.4 Å². The minimum Gasteiger partial charge on any atom is -0.318 e. The molecule has 0 unspecified atom stereocenters. The van der Waals surface area contributed by atoms with E-state index in [9.17, 15) is 13.2 Å². The Morgan fingerprint density at radius 2 is 1.81 bits per heavy atom. The molecule has 5 rings (SSSR count). The number of imidazole rings is 1. The third-order valence-electron chi connectivity index (χ3n) is 5.31. The van der Waals surface area contributed by atoms with Crippen molar-refractivity contribution in [3.05, 3.63) is 91.0 Å². The average molecular weight is 444 g/mol. The Morgan fingerprint density at radius 1 is 1.00 bits per heavy atom. The molecule has 0 aliphatic rings. The summed E-state index contributed by atoms with van der Waals surface area (Å²) in [6.45, 7) is 0. The Labute approximate surface area is 184 Å². The van der Waals surface area contributed by atoms with Gasteiger partial charge in [-0.05, 0) is 48.5 Å². The fraction of sp³-hybridized carbons (Fsp3) is 0.0417. The molecule has 7 nitrogen and oxygen atoms in total. The van der Waals surface area contributed by atoms with Gasteiger partial charge in [0.2, 0.25) is 5.69 Å². The van der Waals surface area contributed by atoms with Crippen LogP contribution in [0.4, 0.5) is 5.69 Å². The largest absolute Gasteiger partial charge is 0.318 e. The van der Waals surface area contributed by atoms with Crippen molar-refractivity contribution in [2.45, 2.75) is 4.90 Å². The van der Waals surface area contributed by atoms with Gasteiger partial charge in [0.1, 0.15) is 0 Å². The highest BCUT2D eigenvalue weighted by Crippen LogP contribution is 2.24. The maximum absolute atomic E-state index is 13.3. The standard InChI is InChI=1S/C24H18N4O3S/c1-32(30,31)18-10-8-16(9-11-18)23-27-22(21-7-2-3-14-28(21)23)24(29)26-20-6-4-5-17-15-25-13-12-19(17)20/h2-15H,1H3,(H,26,29)/p+1. The molecule has 0 spiro atoms. The number of nitrogens with one attached hydrogen (secondary N) is 2. The Bertz CT molecular complexity index is 1580. The molecule has 0 atom stereocenters. The number of nitrogens with zero attached hydrogens (tertiary/aromatic N) is 2. The maximum atomic E-state index is 13.3. The Hall–Kier alpha value is -4.04. The monoisotopic (exact) mass is 443 g/mol. The van der Waals surface area contributed by atoms with Gasteiger partial charge in [-0.1, -0.05) is 18.2 Å². The van der Waals surface area contributed by atoms with Crippen LogP contribution in [-0.4, -0.2) is 30.5 Å². The molecular weight excluding hydrogens is 424 g/mol. The molecule has 158 valence electrons. The fourth-order valence-electron chi connectivity index (χ4n) is 3.75. The number of rotatable bonds is 4. The summed E-state index contributed by atoms with van der Waals surface area (Å²) in [6.07, 6.45) is 6.47. The molecule has 0 saturated carbocycles. The lowest BCUT2D eigenvalue weighted by atomic mass is 10.1. The van der Waals surface area contributed by atoms with Crippen LogP contribution in [-0.2, 0) is 9.84 Å². The van der Waals surface area contributed by atoms with Gasteiger partial charge in [-0.15, -0.1) is 0 Å². The van der Waals surface area contributed by atoms with Crippen LogP contribution in [0, 0.1) is 0 Å². The lowest BCUT2D eigenvalue weighted by molar-refractivity contribution is -0.498. The molecule has 5 aromatic rings. The summed E-state index contributed by atoms with van der Waals surface area (Å²) in [4.78, 5) is 20.8. The van der Waals surface area contributed by atoms with E-state index in [2.05, 4.69) is 15.3 Å².